The molecule has 154 valence electrons. The summed E-state index contributed by atoms with van der Waals surface area (Å²) >= 11 is 0. The molecule has 0 aromatic carbocycles. The Hall–Kier alpha value is -2.44. The topological polar surface area (TPSA) is 67.2 Å². The average Bonchev–Trinajstić information content (AvgIpc) is 3.34. The SMILES string of the molecule is O=C(C1CCN(c2cc(-n3ccnc3)ncn2)CC1)N1CCCC2CCCCC21. The van der Waals surface area contributed by atoms with Crippen LogP contribution in [0.1, 0.15) is 51.4 Å². The molecular weight excluding hydrogens is 364 g/mol. The molecule has 0 bridgehead atoms. The highest BCUT2D eigenvalue weighted by Crippen LogP contribution is 2.37. The molecule has 7 heteroatoms. The summed E-state index contributed by atoms with van der Waals surface area (Å²) in [6, 6.07) is 2.52. The lowest BCUT2D eigenvalue weighted by atomic mass is 9.77. The van der Waals surface area contributed by atoms with Gasteiger partial charge in [0.1, 0.15) is 24.3 Å². The van der Waals surface area contributed by atoms with Crippen LogP contribution in [0, 0.1) is 11.8 Å². The van der Waals surface area contributed by atoms with E-state index in [-0.39, 0.29) is 5.92 Å². The van der Waals surface area contributed by atoms with E-state index in [1.165, 1.54) is 38.5 Å². The molecule has 1 amide bonds. The summed E-state index contributed by atoms with van der Waals surface area (Å²) in [6.07, 6.45) is 16.5. The first-order valence-corrected chi connectivity index (χ1v) is 11.2. The molecule has 1 saturated carbocycles. The zero-order valence-corrected chi connectivity index (χ0v) is 17.0. The van der Waals surface area contributed by atoms with Gasteiger partial charge in [0.05, 0.1) is 0 Å². The predicted octanol–water partition coefficient (Wildman–Crippen LogP) is 3.06. The van der Waals surface area contributed by atoms with Crippen LogP contribution in [0.4, 0.5) is 5.82 Å². The number of anilines is 1. The molecule has 29 heavy (non-hydrogen) atoms. The van der Waals surface area contributed by atoms with E-state index in [9.17, 15) is 4.79 Å². The average molecular weight is 395 g/mol. The normalized spacial score (nSPS) is 25.7. The number of nitrogens with zero attached hydrogens (tertiary/aromatic N) is 6. The summed E-state index contributed by atoms with van der Waals surface area (Å²) < 4.78 is 1.89. The van der Waals surface area contributed by atoms with Crippen molar-refractivity contribution in [1.82, 2.24) is 24.4 Å². The van der Waals surface area contributed by atoms with Gasteiger partial charge < -0.3 is 9.80 Å². The van der Waals surface area contributed by atoms with Crippen molar-refractivity contribution in [2.45, 2.75) is 57.4 Å². The molecule has 4 heterocycles. The second-order valence-corrected chi connectivity index (χ2v) is 8.75. The van der Waals surface area contributed by atoms with Gasteiger partial charge in [-0.1, -0.05) is 12.8 Å². The van der Waals surface area contributed by atoms with E-state index >= 15 is 0 Å². The molecule has 1 aliphatic carbocycles. The Bertz CT molecular complexity index is 828. The minimum atomic E-state index is 0.168. The van der Waals surface area contributed by atoms with Crippen molar-refractivity contribution >= 4 is 11.7 Å². The summed E-state index contributed by atoms with van der Waals surface area (Å²) in [5.41, 5.74) is 0. The first-order chi connectivity index (χ1) is 14.3. The molecule has 7 nitrogen and oxygen atoms in total. The fraction of sp³-hybridized carbons (Fsp3) is 0.636. The van der Waals surface area contributed by atoms with Crippen molar-refractivity contribution in [3.63, 3.8) is 0 Å². The number of carbonyl (C=O) groups excluding carboxylic acids is 1. The number of likely N-dealkylation sites (tertiary alicyclic amines) is 1. The fourth-order valence-corrected chi connectivity index (χ4v) is 5.53. The van der Waals surface area contributed by atoms with Crippen LogP contribution < -0.4 is 4.90 Å². The van der Waals surface area contributed by atoms with Crippen molar-refractivity contribution in [2.24, 2.45) is 11.8 Å². The van der Waals surface area contributed by atoms with Crippen LogP contribution in [0.15, 0.2) is 31.1 Å². The van der Waals surface area contributed by atoms with E-state index < -0.39 is 0 Å². The van der Waals surface area contributed by atoms with Crippen LogP contribution in [-0.4, -0.2) is 56.0 Å². The van der Waals surface area contributed by atoms with Crippen molar-refractivity contribution < 1.29 is 4.79 Å². The van der Waals surface area contributed by atoms with Crippen LogP contribution >= 0.6 is 0 Å². The van der Waals surface area contributed by atoms with Crippen molar-refractivity contribution in [3.05, 3.63) is 31.1 Å². The van der Waals surface area contributed by atoms with E-state index in [0.29, 0.717) is 11.9 Å². The maximum absolute atomic E-state index is 13.3. The number of amides is 1. The molecule has 3 fully saturated rings. The van der Waals surface area contributed by atoms with Gasteiger partial charge in [0.2, 0.25) is 5.91 Å². The maximum atomic E-state index is 13.3. The molecule has 2 aromatic heterocycles. The van der Waals surface area contributed by atoms with Gasteiger partial charge in [0.25, 0.3) is 0 Å². The summed E-state index contributed by atoms with van der Waals surface area (Å²) in [4.78, 5) is 30.8. The third-order valence-electron chi connectivity index (χ3n) is 7.10. The van der Waals surface area contributed by atoms with Gasteiger partial charge in [-0.15, -0.1) is 0 Å². The van der Waals surface area contributed by atoms with Gasteiger partial charge in [-0.25, -0.2) is 15.0 Å². The van der Waals surface area contributed by atoms with Gasteiger partial charge in [-0.3, -0.25) is 9.36 Å². The van der Waals surface area contributed by atoms with Crippen LogP contribution in [0.2, 0.25) is 0 Å². The molecule has 3 aliphatic rings. The highest BCUT2D eigenvalue weighted by Gasteiger charge is 2.38. The molecular formula is C22H30N6O. The lowest BCUT2D eigenvalue weighted by Crippen LogP contribution is -2.52. The number of hydrogen-bond acceptors (Lipinski definition) is 5. The third-order valence-corrected chi connectivity index (χ3v) is 7.10. The maximum Gasteiger partial charge on any atom is 0.226 e. The monoisotopic (exact) mass is 394 g/mol. The minimum absolute atomic E-state index is 0.168. The van der Waals surface area contributed by atoms with Crippen LogP contribution in [-0.2, 0) is 4.79 Å². The lowest BCUT2D eigenvalue weighted by Gasteiger charge is -2.46. The molecule has 0 radical (unpaired) electrons. The number of fused-ring (bicyclic) bond motifs is 1. The van der Waals surface area contributed by atoms with Crippen LogP contribution in [0.3, 0.4) is 0 Å². The van der Waals surface area contributed by atoms with Gasteiger partial charge >= 0.3 is 0 Å². The van der Waals surface area contributed by atoms with E-state index in [0.717, 1.165) is 50.0 Å². The molecule has 2 unspecified atom stereocenters. The molecule has 0 N–H and O–H groups in total. The summed E-state index contributed by atoms with van der Waals surface area (Å²) in [5.74, 6) is 3.09. The number of imidazole rings is 1. The van der Waals surface area contributed by atoms with Crippen molar-refractivity contribution in [3.8, 4) is 5.82 Å². The molecule has 5 rings (SSSR count). The number of aromatic nitrogens is 4. The standard InChI is InChI=1S/C22H30N6O/c29-22(28-10-3-5-17-4-1-2-6-19(17)28)18-7-11-26(12-8-18)20-14-21(25-15-24-20)27-13-9-23-16-27/h9,13-19H,1-8,10-12H2. The Balaban J connectivity index is 1.22. The largest absolute Gasteiger partial charge is 0.356 e. The Labute approximate surface area is 172 Å². The number of piperidine rings is 2. The lowest BCUT2D eigenvalue weighted by molar-refractivity contribution is -0.142. The highest BCUT2D eigenvalue weighted by atomic mass is 16.2. The van der Waals surface area contributed by atoms with Gasteiger partial charge in [-0.2, -0.15) is 0 Å². The fourth-order valence-electron chi connectivity index (χ4n) is 5.53. The van der Waals surface area contributed by atoms with E-state index in [1.54, 1.807) is 18.9 Å². The Morgan fingerprint density at radius 3 is 2.55 bits per heavy atom. The second kappa shape index (κ2) is 8.13. The van der Waals surface area contributed by atoms with Crippen LogP contribution in [0.5, 0.6) is 0 Å². The first kappa shape index (κ1) is 18.6. The number of rotatable bonds is 3. The molecule has 2 atom stereocenters. The van der Waals surface area contributed by atoms with Gasteiger partial charge in [0.15, 0.2) is 0 Å². The van der Waals surface area contributed by atoms with Gasteiger partial charge in [-0.05, 0) is 44.4 Å². The van der Waals surface area contributed by atoms with Gasteiger partial charge in [0, 0.05) is 50.1 Å². The molecule has 2 aromatic rings. The van der Waals surface area contributed by atoms with Crippen LogP contribution in [0.25, 0.3) is 5.82 Å². The number of hydrogen-bond donors (Lipinski definition) is 0. The van der Waals surface area contributed by atoms with E-state index in [1.807, 2.05) is 16.8 Å². The number of carbonyl (C=O) groups is 1. The van der Waals surface area contributed by atoms with Crippen molar-refractivity contribution in [1.29, 1.82) is 0 Å². The smallest absolute Gasteiger partial charge is 0.226 e. The predicted molar refractivity (Wildman–Crippen MR) is 111 cm³/mol. The molecule has 2 saturated heterocycles. The quantitative estimate of drug-likeness (QED) is 0.800. The van der Waals surface area contributed by atoms with E-state index in [2.05, 4.69) is 24.8 Å². The first-order valence-electron chi connectivity index (χ1n) is 11.2. The molecule has 0 spiro atoms. The van der Waals surface area contributed by atoms with Crippen molar-refractivity contribution in [2.75, 3.05) is 24.5 Å². The summed E-state index contributed by atoms with van der Waals surface area (Å²) in [6.45, 7) is 2.72. The second-order valence-electron chi connectivity index (χ2n) is 8.75. The zero-order chi connectivity index (χ0) is 19.6. The molecule has 2 aliphatic heterocycles. The Morgan fingerprint density at radius 2 is 1.72 bits per heavy atom. The summed E-state index contributed by atoms with van der Waals surface area (Å²) in [5, 5.41) is 0. The summed E-state index contributed by atoms with van der Waals surface area (Å²) in [7, 11) is 0. The zero-order valence-electron chi connectivity index (χ0n) is 17.0. The Kier molecular flexibility index (Phi) is 5.21. The third kappa shape index (κ3) is 3.74. The Morgan fingerprint density at radius 1 is 0.931 bits per heavy atom. The minimum Gasteiger partial charge on any atom is -0.356 e. The van der Waals surface area contributed by atoms with E-state index in [4.69, 9.17) is 0 Å². The highest BCUT2D eigenvalue weighted by molar-refractivity contribution is 5.79.